The second kappa shape index (κ2) is 12.2. The van der Waals surface area contributed by atoms with Gasteiger partial charge in [0, 0.05) is 23.4 Å². The van der Waals surface area contributed by atoms with Crippen LogP contribution in [-0.4, -0.2) is 43.0 Å². The number of hydrogen-bond donors (Lipinski definition) is 2. The SMILES string of the molecule is CCOc1ccc(Nc2cc(C(=O)O[C@@H]3CC[C@@H]4CC(OCC)CCC4C3)c(N)c3c2C(=O)c2ccccc2C3=O)cc1. The number of nitrogens with one attached hydrogen (secondary N) is 1. The number of rotatable bonds is 8. The van der Waals surface area contributed by atoms with Gasteiger partial charge in [-0.3, -0.25) is 9.59 Å². The predicted octanol–water partition coefficient (Wildman–Crippen LogP) is 6.72. The molecule has 0 aliphatic heterocycles. The maximum absolute atomic E-state index is 13.8. The van der Waals surface area contributed by atoms with Crippen LogP contribution in [0.1, 0.15) is 94.6 Å². The predicted molar refractivity (Wildman–Crippen MR) is 164 cm³/mol. The van der Waals surface area contributed by atoms with E-state index in [0.29, 0.717) is 47.2 Å². The largest absolute Gasteiger partial charge is 0.494 e. The van der Waals surface area contributed by atoms with Crippen molar-refractivity contribution in [3.05, 3.63) is 82.4 Å². The van der Waals surface area contributed by atoms with E-state index in [4.69, 9.17) is 19.9 Å². The van der Waals surface area contributed by atoms with E-state index in [1.165, 1.54) is 0 Å². The van der Waals surface area contributed by atoms with E-state index in [1.807, 2.05) is 38.1 Å². The summed E-state index contributed by atoms with van der Waals surface area (Å²) in [5, 5.41) is 3.26. The minimum absolute atomic E-state index is 0.0315. The highest BCUT2D eigenvalue weighted by atomic mass is 16.5. The van der Waals surface area contributed by atoms with E-state index in [2.05, 4.69) is 5.32 Å². The van der Waals surface area contributed by atoms with Crippen molar-refractivity contribution in [2.75, 3.05) is 24.3 Å². The number of ketones is 2. The molecule has 224 valence electrons. The van der Waals surface area contributed by atoms with Crippen molar-refractivity contribution in [1.82, 2.24) is 0 Å². The summed E-state index contributed by atoms with van der Waals surface area (Å²) in [4.78, 5) is 41.2. The molecule has 3 aliphatic rings. The standard InChI is InChI=1S/C35H38N2O6/c1-3-41-23-15-11-22(12-16-23)37-29-19-28(32(36)31-30(29)33(38)26-7-5-6-8-27(26)34(31)39)35(40)43-25-14-10-20-17-24(42-4-2)13-9-21(20)18-25/h5-8,11-12,15-16,19-21,24-25,37H,3-4,9-10,13-14,17-18,36H2,1-2H3/t20-,21?,24?,25-/m1/s1. The van der Waals surface area contributed by atoms with E-state index < -0.39 is 11.8 Å². The number of benzene rings is 3. The Bertz CT molecular complexity index is 1550. The number of anilines is 3. The third kappa shape index (κ3) is 5.64. The number of ether oxygens (including phenoxy) is 3. The van der Waals surface area contributed by atoms with E-state index in [1.54, 1.807) is 30.3 Å². The first-order valence-electron chi connectivity index (χ1n) is 15.3. The van der Waals surface area contributed by atoms with Crippen molar-refractivity contribution in [2.24, 2.45) is 11.8 Å². The molecule has 3 aliphatic carbocycles. The van der Waals surface area contributed by atoms with Crippen LogP contribution in [0.2, 0.25) is 0 Å². The minimum Gasteiger partial charge on any atom is -0.494 e. The summed E-state index contributed by atoms with van der Waals surface area (Å²) in [5.41, 5.74) is 8.34. The second-order valence-electron chi connectivity index (χ2n) is 11.7. The van der Waals surface area contributed by atoms with Crippen LogP contribution in [0.25, 0.3) is 0 Å². The lowest BCUT2D eigenvalue weighted by molar-refractivity contribution is -0.0371. The molecule has 3 N–H and O–H groups in total. The van der Waals surface area contributed by atoms with Gasteiger partial charge >= 0.3 is 5.97 Å². The summed E-state index contributed by atoms with van der Waals surface area (Å²) in [6.07, 6.45) is 5.83. The lowest BCUT2D eigenvalue weighted by Crippen LogP contribution is -2.37. The van der Waals surface area contributed by atoms with Crippen molar-refractivity contribution < 1.29 is 28.6 Å². The van der Waals surface area contributed by atoms with Gasteiger partial charge < -0.3 is 25.3 Å². The molecule has 8 heteroatoms. The molecule has 2 unspecified atom stereocenters. The molecule has 0 aromatic heterocycles. The highest BCUT2D eigenvalue weighted by molar-refractivity contribution is 6.32. The van der Waals surface area contributed by atoms with Crippen molar-refractivity contribution in [3.63, 3.8) is 0 Å². The molecule has 3 aromatic rings. The van der Waals surface area contributed by atoms with Gasteiger partial charge in [-0.15, -0.1) is 0 Å². The number of carbonyl (C=O) groups is 3. The number of carbonyl (C=O) groups excluding carboxylic acids is 3. The maximum atomic E-state index is 13.8. The normalized spacial score (nSPS) is 22.7. The van der Waals surface area contributed by atoms with Gasteiger partial charge in [0.25, 0.3) is 0 Å². The third-order valence-corrected chi connectivity index (χ3v) is 9.10. The Kier molecular flexibility index (Phi) is 8.21. The first-order valence-corrected chi connectivity index (χ1v) is 15.3. The average Bonchev–Trinajstić information content (AvgIpc) is 3.01. The van der Waals surface area contributed by atoms with Crippen LogP contribution >= 0.6 is 0 Å². The molecule has 0 heterocycles. The molecule has 8 nitrogen and oxygen atoms in total. The highest BCUT2D eigenvalue weighted by Crippen LogP contribution is 2.43. The Labute approximate surface area is 251 Å². The Balaban J connectivity index is 1.31. The minimum atomic E-state index is -0.583. The van der Waals surface area contributed by atoms with E-state index in [9.17, 15) is 14.4 Å². The van der Waals surface area contributed by atoms with Crippen LogP contribution in [0.3, 0.4) is 0 Å². The molecule has 43 heavy (non-hydrogen) atoms. The van der Waals surface area contributed by atoms with Crippen LogP contribution in [-0.2, 0) is 9.47 Å². The highest BCUT2D eigenvalue weighted by Gasteiger charge is 2.39. The smallest absolute Gasteiger partial charge is 0.340 e. The quantitative estimate of drug-likeness (QED) is 0.174. The van der Waals surface area contributed by atoms with Gasteiger partial charge in [-0.05, 0) is 94.5 Å². The fourth-order valence-electron chi connectivity index (χ4n) is 7.05. The lowest BCUT2D eigenvalue weighted by Gasteiger charge is -2.41. The number of fused-ring (bicyclic) bond motifs is 3. The van der Waals surface area contributed by atoms with Crippen molar-refractivity contribution in [3.8, 4) is 5.75 Å². The third-order valence-electron chi connectivity index (χ3n) is 9.10. The topological polar surface area (TPSA) is 117 Å². The summed E-state index contributed by atoms with van der Waals surface area (Å²) < 4.78 is 17.5. The van der Waals surface area contributed by atoms with Gasteiger partial charge in [0.05, 0.1) is 40.8 Å². The molecule has 3 aromatic carbocycles. The summed E-state index contributed by atoms with van der Waals surface area (Å²) in [5.74, 6) is 0.489. The Morgan fingerprint density at radius 2 is 1.47 bits per heavy atom. The number of esters is 1. The van der Waals surface area contributed by atoms with Crippen LogP contribution < -0.4 is 15.8 Å². The van der Waals surface area contributed by atoms with Crippen LogP contribution in [0.5, 0.6) is 5.75 Å². The summed E-state index contributed by atoms with van der Waals surface area (Å²) in [7, 11) is 0. The van der Waals surface area contributed by atoms with Gasteiger partial charge in [-0.2, -0.15) is 0 Å². The van der Waals surface area contributed by atoms with Gasteiger partial charge in [0.1, 0.15) is 11.9 Å². The first-order chi connectivity index (χ1) is 20.9. The summed E-state index contributed by atoms with van der Waals surface area (Å²) in [6, 6.07) is 15.5. The molecule has 4 atom stereocenters. The van der Waals surface area contributed by atoms with E-state index in [-0.39, 0.29) is 39.8 Å². The van der Waals surface area contributed by atoms with Crippen LogP contribution in [0, 0.1) is 11.8 Å². The van der Waals surface area contributed by atoms with Gasteiger partial charge in [0.2, 0.25) is 0 Å². The summed E-state index contributed by atoms with van der Waals surface area (Å²) >= 11 is 0. The molecule has 0 bridgehead atoms. The van der Waals surface area contributed by atoms with E-state index in [0.717, 1.165) is 45.1 Å². The second-order valence-corrected chi connectivity index (χ2v) is 11.7. The fraction of sp³-hybridized carbons (Fsp3) is 0.400. The van der Waals surface area contributed by atoms with Crippen molar-refractivity contribution in [2.45, 2.75) is 64.6 Å². The zero-order valence-electron chi connectivity index (χ0n) is 24.7. The summed E-state index contributed by atoms with van der Waals surface area (Å²) in [6.45, 7) is 5.22. The molecule has 0 saturated heterocycles. The Morgan fingerprint density at radius 3 is 2.12 bits per heavy atom. The zero-order chi connectivity index (χ0) is 30.1. The molecular formula is C35H38N2O6. The molecule has 2 saturated carbocycles. The maximum Gasteiger partial charge on any atom is 0.340 e. The van der Waals surface area contributed by atoms with Crippen molar-refractivity contribution >= 4 is 34.6 Å². The number of nitrogen functional groups attached to an aromatic ring is 1. The van der Waals surface area contributed by atoms with Crippen molar-refractivity contribution in [1.29, 1.82) is 0 Å². The molecule has 0 amide bonds. The van der Waals surface area contributed by atoms with E-state index >= 15 is 0 Å². The number of hydrogen-bond acceptors (Lipinski definition) is 8. The molecule has 0 spiro atoms. The fourth-order valence-corrected chi connectivity index (χ4v) is 7.05. The lowest BCUT2D eigenvalue weighted by atomic mass is 9.69. The molecule has 6 rings (SSSR count). The number of nitrogens with two attached hydrogens (primary N) is 1. The zero-order valence-corrected chi connectivity index (χ0v) is 24.7. The van der Waals surface area contributed by atoms with Gasteiger partial charge in [0.15, 0.2) is 11.6 Å². The molecule has 0 radical (unpaired) electrons. The van der Waals surface area contributed by atoms with Gasteiger partial charge in [-0.1, -0.05) is 24.3 Å². The monoisotopic (exact) mass is 582 g/mol. The van der Waals surface area contributed by atoms with Crippen LogP contribution in [0.15, 0.2) is 54.6 Å². The molecular weight excluding hydrogens is 544 g/mol. The molecule has 2 fully saturated rings. The van der Waals surface area contributed by atoms with Crippen LogP contribution in [0.4, 0.5) is 17.1 Å². The van der Waals surface area contributed by atoms with Gasteiger partial charge in [-0.25, -0.2) is 4.79 Å². The first kappa shape index (κ1) is 28.9. The Hall–Kier alpha value is -4.17. The Morgan fingerprint density at radius 1 is 0.837 bits per heavy atom. The average molecular weight is 583 g/mol.